The van der Waals surface area contributed by atoms with Crippen molar-refractivity contribution < 1.29 is 4.79 Å². The van der Waals surface area contributed by atoms with E-state index >= 15 is 0 Å². The molecule has 0 N–H and O–H groups in total. The van der Waals surface area contributed by atoms with E-state index in [2.05, 4.69) is 47.5 Å². The predicted octanol–water partition coefficient (Wildman–Crippen LogP) is 4.92. The van der Waals surface area contributed by atoms with Gasteiger partial charge in [-0.05, 0) is 37.1 Å². The lowest BCUT2D eigenvalue weighted by molar-refractivity contribution is -0.116. The monoisotopic (exact) mass is 426 g/mol. The van der Waals surface area contributed by atoms with E-state index in [9.17, 15) is 4.79 Å². The second kappa shape index (κ2) is 8.40. The molecule has 31 heavy (non-hydrogen) atoms. The fraction of sp³-hybridized carbons (Fsp3) is 0.160. The van der Waals surface area contributed by atoms with Crippen LogP contribution in [0.4, 0.5) is 5.69 Å². The molecular weight excluding hydrogens is 404 g/mol. The number of rotatable bonds is 5. The van der Waals surface area contributed by atoms with Crippen molar-refractivity contribution in [3.8, 4) is 17.1 Å². The largest absolute Gasteiger partial charge is 0.311 e. The van der Waals surface area contributed by atoms with Gasteiger partial charge in [-0.25, -0.2) is 0 Å². The van der Waals surface area contributed by atoms with Gasteiger partial charge in [0, 0.05) is 23.5 Å². The number of nitrogens with zero attached hydrogens (tertiary/aromatic N) is 4. The van der Waals surface area contributed by atoms with Gasteiger partial charge >= 0.3 is 0 Å². The summed E-state index contributed by atoms with van der Waals surface area (Å²) in [6.07, 6.45) is 0.907. The Balaban J connectivity index is 1.44. The number of aryl methyl sites for hydroxylation is 1. The van der Waals surface area contributed by atoms with E-state index in [1.807, 2.05) is 58.0 Å². The molecule has 1 amide bonds. The lowest BCUT2D eigenvalue weighted by atomic mass is 10.2. The summed E-state index contributed by atoms with van der Waals surface area (Å²) in [5.41, 5.74) is 5.42. The minimum absolute atomic E-state index is 0.0923. The number of carbonyl (C=O) groups is 1. The maximum absolute atomic E-state index is 13.0. The van der Waals surface area contributed by atoms with Crippen molar-refractivity contribution in [3.05, 3.63) is 90.0 Å². The third-order valence-electron chi connectivity index (χ3n) is 5.47. The molecule has 0 atom stereocenters. The minimum Gasteiger partial charge on any atom is -0.311 e. The molecule has 0 saturated carbocycles. The van der Waals surface area contributed by atoms with Crippen LogP contribution in [-0.2, 0) is 11.2 Å². The molecule has 0 unspecified atom stereocenters. The number of thioether (sulfide) groups is 1. The first-order chi connectivity index (χ1) is 15.2. The van der Waals surface area contributed by atoms with Crippen molar-refractivity contribution in [2.24, 2.45) is 0 Å². The Hall–Kier alpha value is -3.38. The van der Waals surface area contributed by atoms with E-state index in [-0.39, 0.29) is 5.91 Å². The van der Waals surface area contributed by atoms with Gasteiger partial charge in [-0.1, -0.05) is 78.0 Å². The number of aromatic nitrogens is 3. The SMILES string of the molecule is Cc1ccc(-n2c(SCC(=O)N3CCc4ccccc43)nnc2-c2ccccc2)cc1. The molecule has 0 fully saturated rings. The van der Waals surface area contributed by atoms with Gasteiger partial charge in [-0.3, -0.25) is 9.36 Å². The normalized spacial score (nSPS) is 12.7. The number of hydrogen-bond acceptors (Lipinski definition) is 4. The van der Waals surface area contributed by atoms with Crippen LogP contribution in [0.5, 0.6) is 0 Å². The average molecular weight is 427 g/mol. The number of hydrogen-bond donors (Lipinski definition) is 0. The van der Waals surface area contributed by atoms with E-state index in [0.29, 0.717) is 10.9 Å². The molecule has 154 valence electrons. The molecule has 0 saturated heterocycles. The van der Waals surface area contributed by atoms with Crippen LogP contribution in [0, 0.1) is 6.92 Å². The van der Waals surface area contributed by atoms with Crippen molar-refractivity contribution in [3.63, 3.8) is 0 Å². The Morgan fingerprint density at radius 1 is 0.935 bits per heavy atom. The van der Waals surface area contributed by atoms with Crippen molar-refractivity contribution in [1.29, 1.82) is 0 Å². The van der Waals surface area contributed by atoms with E-state index in [1.165, 1.54) is 22.9 Å². The van der Waals surface area contributed by atoms with E-state index in [0.717, 1.165) is 35.7 Å². The van der Waals surface area contributed by atoms with Crippen LogP contribution in [0.1, 0.15) is 11.1 Å². The first-order valence-electron chi connectivity index (χ1n) is 10.3. The van der Waals surface area contributed by atoms with Gasteiger partial charge < -0.3 is 4.90 Å². The fourth-order valence-electron chi connectivity index (χ4n) is 3.87. The van der Waals surface area contributed by atoms with Crippen LogP contribution in [-0.4, -0.2) is 33.0 Å². The number of para-hydroxylation sites is 1. The van der Waals surface area contributed by atoms with Gasteiger partial charge in [0.05, 0.1) is 5.75 Å². The van der Waals surface area contributed by atoms with Crippen molar-refractivity contribution >= 4 is 23.4 Å². The second-order valence-electron chi connectivity index (χ2n) is 7.56. The number of amides is 1. The Bertz CT molecular complexity index is 1220. The highest BCUT2D eigenvalue weighted by molar-refractivity contribution is 7.99. The number of fused-ring (bicyclic) bond motifs is 1. The summed E-state index contributed by atoms with van der Waals surface area (Å²) in [5.74, 6) is 1.17. The fourth-order valence-corrected chi connectivity index (χ4v) is 4.69. The summed E-state index contributed by atoms with van der Waals surface area (Å²) in [7, 11) is 0. The molecule has 5 nitrogen and oxygen atoms in total. The molecular formula is C25H22N4OS. The van der Waals surface area contributed by atoms with Gasteiger partial charge in [0.25, 0.3) is 0 Å². The Morgan fingerprint density at radius 2 is 1.68 bits per heavy atom. The summed E-state index contributed by atoms with van der Waals surface area (Å²) < 4.78 is 2.03. The molecule has 0 radical (unpaired) electrons. The van der Waals surface area contributed by atoms with Crippen molar-refractivity contribution in [1.82, 2.24) is 14.8 Å². The highest BCUT2D eigenvalue weighted by Gasteiger charge is 2.25. The third kappa shape index (κ3) is 3.86. The maximum Gasteiger partial charge on any atom is 0.237 e. The Labute approximate surface area is 185 Å². The molecule has 1 aromatic heterocycles. The third-order valence-corrected chi connectivity index (χ3v) is 6.38. The van der Waals surface area contributed by atoms with Crippen LogP contribution in [0.2, 0.25) is 0 Å². The number of anilines is 1. The average Bonchev–Trinajstić information content (AvgIpc) is 3.43. The van der Waals surface area contributed by atoms with Gasteiger partial charge in [0.1, 0.15) is 0 Å². The first kappa shape index (κ1) is 19.6. The summed E-state index contributed by atoms with van der Waals surface area (Å²) >= 11 is 1.43. The standard InChI is InChI=1S/C25H22N4OS/c1-18-11-13-21(14-12-18)29-24(20-8-3-2-4-9-20)26-27-25(29)31-17-23(30)28-16-15-19-7-5-6-10-22(19)28/h2-14H,15-17H2,1H3. The van der Waals surface area contributed by atoms with E-state index in [1.54, 1.807) is 0 Å². The van der Waals surface area contributed by atoms with Crippen molar-refractivity contribution in [2.45, 2.75) is 18.5 Å². The minimum atomic E-state index is 0.0923. The van der Waals surface area contributed by atoms with E-state index in [4.69, 9.17) is 0 Å². The molecule has 6 heteroatoms. The smallest absolute Gasteiger partial charge is 0.237 e. The summed E-state index contributed by atoms with van der Waals surface area (Å²) in [6, 6.07) is 26.4. The predicted molar refractivity (Wildman–Crippen MR) is 125 cm³/mol. The summed E-state index contributed by atoms with van der Waals surface area (Å²) in [5, 5.41) is 9.61. The number of carbonyl (C=O) groups excluding carboxylic acids is 1. The van der Waals surface area contributed by atoms with Crippen LogP contribution in [0.15, 0.2) is 84.0 Å². The van der Waals surface area contributed by atoms with Gasteiger partial charge in [0.2, 0.25) is 5.91 Å². The molecule has 2 heterocycles. The quantitative estimate of drug-likeness (QED) is 0.425. The topological polar surface area (TPSA) is 51.0 Å². The van der Waals surface area contributed by atoms with Crippen LogP contribution in [0.25, 0.3) is 17.1 Å². The zero-order valence-corrected chi connectivity index (χ0v) is 18.0. The molecule has 0 bridgehead atoms. The summed E-state index contributed by atoms with van der Waals surface area (Å²) in [6.45, 7) is 2.80. The van der Waals surface area contributed by atoms with Crippen molar-refractivity contribution in [2.75, 3.05) is 17.2 Å². The maximum atomic E-state index is 13.0. The molecule has 1 aliphatic rings. The molecule has 0 spiro atoms. The Kier molecular flexibility index (Phi) is 5.30. The second-order valence-corrected chi connectivity index (χ2v) is 8.50. The highest BCUT2D eigenvalue weighted by atomic mass is 32.2. The summed E-state index contributed by atoms with van der Waals surface area (Å²) in [4.78, 5) is 14.9. The molecule has 5 rings (SSSR count). The lowest BCUT2D eigenvalue weighted by Gasteiger charge is -2.17. The van der Waals surface area contributed by atoms with Gasteiger partial charge in [0.15, 0.2) is 11.0 Å². The molecule has 4 aromatic rings. The molecule has 3 aromatic carbocycles. The van der Waals surface area contributed by atoms with Gasteiger partial charge in [-0.2, -0.15) is 0 Å². The molecule has 0 aliphatic carbocycles. The van der Waals surface area contributed by atoms with E-state index < -0.39 is 0 Å². The highest BCUT2D eigenvalue weighted by Crippen LogP contribution is 2.31. The van der Waals surface area contributed by atoms with Crippen LogP contribution < -0.4 is 4.90 Å². The van der Waals surface area contributed by atoms with Crippen LogP contribution >= 0.6 is 11.8 Å². The zero-order chi connectivity index (χ0) is 21.2. The number of benzene rings is 3. The first-order valence-corrected chi connectivity index (χ1v) is 11.3. The zero-order valence-electron chi connectivity index (χ0n) is 17.2. The lowest BCUT2D eigenvalue weighted by Crippen LogP contribution is -2.30. The van der Waals surface area contributed by atoms with Gasteiger partial charge in [-0.15, -0.1) is 10.2 Å². The van der Waals surface area contributed by atoms with Crippen LogP contribution in [0.3, 0.4) is 0 Å². The Morgan fingerprint density at radius 3 is 2.48 bits per heavy atom. The molecule has 1 aliphatic heterocycles.